The molecule has 4 nitrogen and oxygen atoms in total. The van der Waals surface area contributed by atoms with Crippen LogP contribution in [0.5, 0.6) is 0 Å². The fourth-order valence-electron chi connectivity index (χ4n) is 1.95. The van der Waals surface area contributed by atoms with Gasteiger partial charge in [-0.05, 0) is 30.7 Å². The predicted octanol–water partition coefficient (Wildman–Crippen LogP) is 3.91. The molecule has 0 spiro atoms. The summed E-state index contributed by atoms with van der Waals surface area (Å²) >= 11 is 7.25. The summed E-state index contributed by atoms with van der Waals surface area (Å²) in [6, 6.07) is 10.9. The summed E-state index contributed by atoms with van der Waals surface area (Å²) in [5.74, 6) is -0.203. The summed E-state index contributed by atoms with van der Waals surface area (Å²) in [5, 5.41) is 3.28. The molecule has 0 atom stereocenters. The zero-order valence-electron chi connectivity index (χ0n) is 10.6. The molecule has 0 fully saturated rings. The number of nitrogens with zero attached hydrogens (tertiary/aromatic N) is 2. The third-order valence-corrected chi connectivity index (χ3v) is 3.86. The van der Waals surface area contributed by atoms with Gasteiger partial charge in [0.25, 0.3) is 5.91 Å². The van der Waals surface area contributed by atoms with Gasteiger partial charge in [-0.25, -0.2) is 0 Å². The first-order valence-electron chi connectivity index (χ1n) is 5.94. The van der Waals surface area contributed by atoms with Gasteiger partial charge in [0.05, 0.1) is 22.4 Å². The number of carbonyl (C=O) groups is 1. The summed E-state index contributed by atoms with van der Waals surface area (Å²) < 4.78 is 8.32. The van der Waals surface area contributed by atoms with E-state index in [1.54, 1.807) is 18.2 Å². The van der Waals surface area contributed by atoms with Crippen LogP contribution in [-0.2, 0) is 0 Å². The van der Waals surface area contributed by atoms with E-state index >= 15 is 0 Å². The van der Waals surface area contributed by atoms with Crippen molar-refractivity contribution in [2.45, 2.75) is 6.92 Å². The zero-order chi connectivity index (χ0) is 14.1. The maximum Gasteiger partial charge on any atom is 0.256 e. The van der Waals surface area contributed by atoms with E-state index in [2.05, 4.69) is 14.1 Å². The summed E-state index contributed by atoms with van der Waals surface area (Å²) in [4.78, 5) is 12.3. The van der Waals surface area contributed by atoms with Crippen LogP contribution in [-0.4, -0.2) is 14.7 Å². The lowest BCUT2D eigenvalue weighted by molar-refractivity contribution is 0.102. The van der Waals surface area contributed by atoms with Crippen molar-refractivity contribution in [1.29, 1.82) is 0 Å². The molecule has 2 aromatic carbocycles. The molecule has 0 radical (unpaired) electrons. The molecule has 1 aromatic heterocycles. The van der Waals surface area contributed by atoms with Crippen LogP contribution in [0.1, 0.15) is 15.9 Å². The molecule has 0 unspecified atom stereocenters. The summed E-state index contributed by atoms with van der Waals surface area (Å²) in [6.07, 6.45) is 0. The third kappa shape index (κ3) is 2.26. The third-order valence-electron chi connectivity index (χ3n) is 3.01. The number of hydrogen-bond acceptors (Lipinski definition) is 4. The van der Waals surface area contributed by atoms with E-state index in [1.807, 2.05) is 25.1 Å². The first-order valence-corrected chi connectivity index (χ1v) is 7.05. The molecule has 1 N–H and O–H groups in total. The van der Waals surface area contributed by atoms with Crippen molar-refractivity contribution < 1.29 is 4.79 Å². The predicted molar refractivity (Wildman–Crippen MR) is 81.6 cm³/mol. The van der Waals surface area contributed by atoms with Crippen LogP contribution in [0.25, 0.3) is 11.0 Å². The van der Waals surface area contributed by atoms with Crippen LogP contribution in [0.15, 0.2) is 36.4 Å². The Labute approximate surface area is 124 Å². The lowest BCUT2D eigenvalue weighted by Gasteiger charge is -2.09. The number of aryl methyl sites for hydroxylation is 1. The van der Waals surface area contributed by atoms with Crippen molar-refractivity contribution in [3.63, 3.8) is 0 Å². The lowest BCUT2D eigenvalue weighted by atomic mass is 10.1. The van der Waals surface area contributed by atoms with Gasteiger partial charge in [-0.15, -0.1) is 0 Å². The molecule has 1 amide bonds. The van der Waals surface area contributed by atoms with E-state index in [-0.39, 0.29) is 5.91 Å². The quantitative estimate of drug-likeness (QED) is 0.781. The minimum Gasteiger partial charge on any atom is -0.319 e. The highest BCUT2D eigenvalue weighted by atomic mass is 35.5. The van der Waals surface area contributed by atoms with Gasteiger partial charge >= 0.3 is 0 Å². The first kappa shape index (κ1) is 13.0. The number of nitrogens with one attached hydrogen (secondary N) is 1. The van der Waals surface area contributed by atoms with Gasteiger partial charge in [0.1, 0.15) is 11.0 Å². The van der Waals surface area contributed by atoms with Crippen LogP contribution >= 0.6 is 23.3 Å². The largest absolute Gasteiger partial charge is 0.319 e. The summed E-state index contributed by atoms with van der Waals surface area (Å²) in [5.41, 5.74) is 3.36. The number of rotatable bonds is 2. The van der Waals surface area contributed by atoms with Crippen molar-refractivity contribution in [2.75, 3.05) is 5.32 Å². The molecule has 0 bridgehead atoms. The fourth-order valence-corrected chi connectivity index (χ4v) is 2.70. The molecule has 100 valence electrons. The van der Waals surface area contributed by atoms with Crippen molar-refractivity contribution in [1.82, 2.24) is 8.75 Å². The van der Waals surface area contributed by atoms with Crippen LogP contribution < -0.4 is 5.32 Å². The van der Waals surface area contributed by atoms with E-state index in [1.165, 1.54) is 0 Å². The Hall–Kier alpha value is -1.98. The molecule has 0 aliphatic carbocycles. The average molecular weight is 304 g/mol. The zero-order valence-corrected chi connectivity index (χ0v) is 12.1. The molecule has 6 heteroatoms. The number of anilines is 1. The topological polar surface area (TPSA) is 54.9 Å². The minimum absolute atomic E-state index is 0.203. The van der Waals surface area contributed by atoms with Crippen LogP contribution in [0.3, 0.4) is 0 Å². The van der Waals surface area contributed by atoms with E-state index in [0.717, 1.165) is 22.8 Å². The van der Waals surface area contributed by atoms with Gasteiger partial charge in [-0.1, -0.05) is 29.8 Å². The van der Waals surface area contributed by atoms with Gasteiger partial charge in [0.2, 0.25) is 0 Å². The smallest absolute Gasteiger partial charge is 0.256 e. The highest BCUT2D eigenvalue weighted by molar-refractivity contribution is 7.00. The SMILES string of the molecule is Cc1ccccc1C(=O)Nc1c(Cl)ccc2nsnc12. The number of amides is 1. The molecule has 0 saturated heterocycles. The molecule has 0 saturated carbocycles. The van der Waals surface area contributed by atoms with Gasteiger partial charge < -0.3 is 5.32 Å². The first-order chi connectivity index (χ1) is 9.66. The van der Waals surface area contributed by atoms with Crippen LogP contribution in [0, 0.1) is 6.92 Å². The number of hydrogen-bond donors (Lipinski definition) is 1. The van der Waals surface area contributed by atoms with Crippen LogP contribution in [0.4, 0.5) is 5.69 Å². The molecule has 20 heavy (non-hydrogen) atoms. The van der Waals surface area contributed by atoms with Gasteiger partial charge in [0, 0.05) is 5.56 Å². The number of benzene rings is 2. The second-order valence-electron chi connectivity index (χ2n) is 4.32. The van der Waals surface area contributed by atoms with Crippen molar-refractivity contribution in [3.05, 3.63) is 52.5 Å². The summed E-state index contributed by atoms with van der Waals surface area (Å²) in [6.45, 7) is 1.89. The Balaban J connectivity index is 2.01. The number of aromatic nitrogens is 2. The van der Waals surface area contributed by atoms with Gasteiger partial charge in [0.15, 0.2) is 0 Å². The summed E-state index contributed by atoms with van der Waals surface area (Å²) in [7, 11) is 0. The highest BCUT2D eigenvalue weighted by Gasteiger charge is 2.15. The Bertz CT molecular complexity index is 800. The number of halogens is 1. The molecular weight excluding hydrogens is 294 g/mol. The Kier molecular flexibility index (Phi) is 3.38. The Morgan fingerprint density at radius 1 is 1.20 bits per heavy atom. The second kappa shape index (κ2) is 5.19. The maximum absolute atomic E-state index is 12.3. The minimum atomic E-state index is -0.203. The van der Waals surface area contributed by atoms with Crippen molar-refractivity contribution in [3.8, 4) is 0 Å². The fraction of sp³-hybridized carbons (Fsp3) is 0.0714. The highest BCUT2D eigenvalue weighted by Crippen LogP contribution is 2.30. The molecule has 0 aliphatic rings. The van der Waals surface area contributed by atoms with Gasteiger partial charge in [-0.3, -0.25) is 4.79 Å². The van der Waals surface area contributed by atoms with E-state index in [0.29, 0.717) is 21.8 Å². The van der Waals surface area contributed by atoms with E-state index in [9.17, 15) is 4.79 Å². The molecule has 0 aliphatic heterocycles. The second-order valence-corrected chi connectivity index (χ2v) is 5.26. The Morgan fingerprint density at radius 2 is 2.00 bits per heavy atom. The van der Waals surface area contributed by atoms with E-state index in [4.69, 9.17) is 11.6 Å². The lowest BCUT2D eigenvalue weighted by Crippen LogP contribution is -2.13. The molecular formula is C14H10ClN3OS. The number of fused-ring (bicyclic) bond motifs is 1. The Morgan fingerprint density at radius 3 is 2.80 bits per heavy atom. The monoisotopic (exact) mass is 303 g/mol. The molecule has 3 aromatic rings. The van der Waals surface area contributed by atoms with Gasteiger partial charge in [-0.2, -0.15) is 8.75 Å². The van der Waals surface area contributed by atoms with Crippen molar-refractivity contribution >= 4 is 46.0 Å². The normalized spacial score (nSPS) is 10.7. The molecule has 3 rings (SSSR count). The average Bonchev–Trinajstić information content (AvgIpc) is 2.91. The van der Waals surface area contributed by atoms with Crippen LogP contribution in [0.2, 0.25) is 5.02 Å². The maximum atomic E-state index is 12.3. The number of carbonyl (C=O) groups excluding carboxylic acids is 1. The molecule has 1 heterocycles. The standard InChI is InChI=1S/C14H10ClN3OS/c1-8-4-2-3-5-9(8)14(19)16-12-10(15)6-7-11-13(12)18-20-17-11/h2-7H,1H3,(H,16,19). The van der Waals surface area contributed by atoms with E-state index < -0.39 is 0 Å². The van der Waals surface area contributed by atoms with Crippen molar-refractivity contribution in [2.24, 2.45) is 0 Å².